The zero-order valence-corrected chi connectivity index (χ0v) is 14.0. The summed E-state index contributed by atoms with van der Waals surface area (Å²) in [4.78, 5) is 26.6. The van der Waals surface area contributed by atoms with Gasteiger partial charge in [0.05, 0.1) is 5.92 Å². The highest BCUT2D eigenvalue weighted by atomic mass is 32.1. The number of anilines is 1. The molecule has 6 nitrogen and oxygen atoms in total. The van der Waals surface area contributed by atoms with Gasteiger partial charge < -0.3 is 9.80 Å². The second-order valence-electron chi connectivity index (χ2n) is 6.15. The first-order chi connectivity index (χ1) is 11.8. The Morgan fingerprint density at radius 2 is 2.21 bits per heavy atom. The van der Waals surface area contributed by atoms with Gasteiger partial charge >= 0.3 is 0 Å². The van der Waals surface area contributed by atoms with Crippen molar-refractivity contribution in [1.29, 1.82) is 5.26 Å². The molecule has 2 aliphatic rings. The molecule has 0 saturated carbocycles. The molecule has 0 N–H and O–H groups in total. The molecular formula is C17H17N5OS. The third-order valence-electron chi connectivity index (χ3n) is 4.74. The highest BCUT2D eigenvalue weighted by Crippen LogP contribution is 2.28. The number of hydrogen-bond acceptors (Lipinski definition) is 6. The fraction of sp³-hybridized carbons (Fsp3) is 0.412. The van der Waals surface area contributed by atoms with E-state index in [0.717, 1.165) is 32.5 Å². The molecule has 4 heterocycles. The molecule has 7 heteroatoms. The normalized spacial score (nSPS) is 19.9. The third kappa shape index (κ3) is 2.63. The lowest BCUT2D eigenvalue weighted by atomic mass is 10.0. The molecule has 2 aliphatic heterocycles. The van der Waals surface area contributed by atoms with Gasteiger partial charge in [0.15, 0.2) is 11.5 Å². The summed E-state index contributed by atoms with van der Waals surface area (Å²) in [5.74, 6) is 0.782. The summed E-state index contributed by atoms with van der Waals surface area (Å²) in [5.41, 5.74) is 1.61. The Kier molecular flexibility index (Phi) is 3.90. The zero-order chi connectivity index (χ0) is 16.5. The number of nitrogens with zero attached hydrogens (tertiary/aromatic N) is 5. The molecule has 1 atom stereocenters. The van der Waals surface area contributed by atoms with Crippen LogP contribution in [0.2, 0.25) is 0 Å². The number of aromatic nitrogens is 2. The number of hydrogen-bond donors (Lipinski definition) is 0. The lowest BCUT2D eigenvalue weighted by Gasteiger charge is -2.29. The highest BCUT2D eigenvalue weighted by molar-refractivity contribution is 7.10. The molecule has 0 aromatic carbocycles. The van der Waals surface area contributed by atoms with Gasteiger partial charge in [-0.3, -0.25) is 4.79 Å². The molecule has 1 fully saturated rings. The number of thiophene rings is 1. The first-order valence-corrected chi connectivity index (χ1v) is 8.94. The van der Waals surface area contributed by atoms with Crippen molar-refractivity contribution in [2.75, 3.05) is 24.5 Å². The van der Waals surface area contributed by atoms with E-state index in [1.54, 1.807) is 17.5 Å². The van der Waals surface area contributed by atoms with Crippen molar-refractivity contribution in [2.24, 2.45) is 5.92 Å². The summed E-state index contributed by atoms with van der Waals surface area (Å²) < 4.78 is 0. The maximum atomic E-state index is 12.9. The minimum Gasteiger partial charge on any atom is -0.353 e. The van der Waals surface area contributed by atoms with Gasteiger partial charge in [-0.2, -0.15) is 5.26 Å². The Labute approximate surface area is 144 Å². The first-order valence-electron chi connectivity index (χ1n) is 8.06. The second kappa shape index (κ2) is 6.21. The highest BCUT2D eigenvalue weighted by Gasteiger charge is 2.34. The number of fused-ring (bicyclic) bond motifs is 1. The van der Waals surface area contributed by atoms with Crippen molar-refractivity contribution < 1.29 is 4.79 Å². The van der Waals surface area contributed by atoms with Gasteiger partial charge in [-0.25, -0.2) is 9.97 Å². The van der Waals surface area contributed by atoms with Crippen molar-refractivity contribution in [3.63, 3.8) is 0 Å². The van der Waals surface area contributed by atoms with Crippen LogP contribution in [0.5, 0.6) is 0 Å². The largest absolute Gasteiger partial charge is 0.353 e. The van der Waals surface area contributed by atoms with Crippen LogP contribution in [0.4, 0.5) is 5.82 Å². The van der Waals surface area contributed by atoms with Crippen molar-refractivity contribution in [3.05, 3.63) is 40.0 Å². The van der Waals surface area contributed by atoms with Gasteiger partial charge in [0.25, 0.3) is 0 Å². The average Bonchev–Trinajstić information content (AvgIpc) is 3.29. The molecule has 2 aromatic heterocycles. The number of nitriles is 1. The summed E-state index contributed by atoms with van der Waals surface area (Å²) in [7, 11) is 0. The number of carbonyl (C=O) groups excluding carboxylic acids is 1. The second-order valence-corrected chi connectivity index (χ2v) is 7.15. The predicted octanol–water partition coefficient (Wildman–Crippen LogP) is 1.82. The van der Waals surface area contributed by atoms with Crippen molar-refractivity contribution in [3.8, 4) is 6.07 Å². The number of amides is 1. The number of carbonyl (C=O) groups is 1. The maximum absolute atomic E-state index is 12.9. The van der Waals surface area contributed by atoms with Crippen LogP contribution in [-0.4, -0.2) is 40.4 Å². The Morgan fingerprint density at radius 1 is 1.33 bits per heavy atom. The van der Waals surface area contributed by atoms with Crippen LogP contribution < -0.4 is 4.90 Å². The van der Waals surface area contributed by atoms with E-state index in [1.165, 1.54) is 16.6 Å². The van der Waals surface area contributed by atoms with Gasteiger partial charge in [-0.05, 0) is 29.9 Å². The Balaban J connectivity index is 1.45. The van der Waals surface area contributed by atoms with Crippen LogP contribution in [-0.2, 0) is 17.8 Å². The summed E-state index contributed by atoms with van der Waals surface area (Å²) >= 11 is 1.78. The van der Waals surface area contributed by atoms with E-state index in [0.29, 0.717) is 18.1 Å². The van der Waals surface area contributed by atoms with Crippen LogP contribution in [0.3, 0.4) is 0 Å². The Morgan fingerprint density at radius 3 is 3.08 bits per heavy atom. The van der Waals surface area contributed by atoms with Gasteiger partial charge in [0.2, 0.25) is 5.91 Å². The molecule has 0 aliphatic carbocycles. The van der Waals surface area contributed by atoms with E-state index in [4.69, 9.17) is 0 Å². The topological polar surface area (TPSA) is 73.1 Å². The Hall–Kier alpha value is -2.46. The van der Waals surface area contributed by atoms with E-state index in [-0.39, 0.29) is 11.8 Å². The standard InChI is InChI=1S/C17H17N5OS/c18-9-14-16(20-5-4-19-14)21-6-1-13(11-21)17(23)22-7-2-15-12(10-22)3-8-24-15/h3-5,8,13H,1-2,6-7,10-11H2. The lowest BCUT2D eigenvalue weighted by molar-refractivity contribution is -0.135. The van der Waals surface area contributed by atoms with Crippen LogP contribution in [0.15, 0.2) is 23.8 Å². The monoisotopic (exact) mass is 339 g/mol. The quantitative estimate of drug-likeness (QED) is 0.834. The van der Waals surface area contributed by atoms with Crippen molar-refractivity contribution in [1.82, 2.24) is 14.9 Å². The molecule has 24 heavy (non-hydrogen) atoms. The van der Waals surface area contributed by atoms with E-state index in [1.807, 2.05) is 9.80 Å². The summed E-state index contributed by atoms with van der Waals surface area (Å²) in [6, 6.07) is 4.20. The summed E-state index contributed by atoms with van der Waals surface area (Å²) in [6.45, 7) is 2.88. The van der Waals surface area contributed by atoms with Gasteiger partial charge in [-0.1, -0.05) is 0 Å². The van der Waals surface area contributed by atoms with Crippen molar-refractivity contribution in [2.45, 2.75) is 19.4 Å². The molecule has 0 bridgehead atoms. The van der Waals surface area contributed by atoms with E-state index < -0.39 is 0 Å². The third-order valence-corrected chi connectivity index (χ3v) is 5.76. The molecule has 0 spiro atoms. The molecule has 0 radical (unpaired) electrons. The smallest absolute Gasteiger partial charge is 0.227 e. The summed E-state index contributed by atoms with van der Waals surface area (Å²) in [6.07, 6.45) is 4.87. The van der Waals surface area contributed by atoms with Crippen LogP contribution in [0.25, 0.3) is 0 Å². The molecule has 1 unspecified atom stereocenters. The SMILES string of the molecule is N#Cc1nccnc1N1CCC(C(=O)N2CCc3sccc3C2)C1. The van der Waals surface area contributed by atoms with Crippen LogP contribution in [0.1, 0.15) is 22.6 Å². The van der Waals surface area contributed by atoms with Gasteiger partial charge in [-0.15, -0.1) is 11.3 Å². The molecule has 1 amide bonds. The number of rotatable bonds is 2. The molecular weight excluding hydrogens is 322 g/mol. The summed E-state index contributed by atoms with van der Waals surface area (Å²) in [5, 5.41) is 11.3. The van der Waals surface area contributed by atoms with E-state index >= 15 is 0 Å². The molecule has 122 valence electrons. The molecule has 2 aromatic rings. The zero-order valence-electron chi connectivity index (χ0n) is 13.2. The molecule has 1 saturated heterocycles. The predicted molar refractivity (Wildman–Crippen MR) is 90.5 cm³/mol. The van der Waals surface area contributed by atoms with Gasteiger partial charge in [0, 0.05) is 43.4 Å². The van der Waals surface area contributed by atoms with Crippen LogP contribution in [0, 0.1) is 17.2 Å². The van der Waals surface area contributed by atoms with Gasteiger partial charge in [0.1, 0.15) is 6.07 Å². The van der Waals surface area contributed by atoms with Crippen molar-refractivity contribution >= 4 is 23.1 Å². The van der Waals surface area contributed by atoms with E-state index in [2.05, 4.69) is 27.5 Å². The minimum absolute atomic E-state index is 0.0289. The maximum Gasteiger partial charge on any atom is 0.227 e. The fourth-order valence-corrected chi connectivity index (χ4v) is 4.38. The Bertz CT molecular complexity index is 811. The fourth-order valence-electron chi connectivity index (χ4n) is 3.49. The minimum atomic E-state index is -0.0289. The average molecular weight is 339 g/mol. The lowest BCUT2D eigenvalue weighted by Crippen LogP contribution is -2.40. The molecule has 4 rings (SSSR count). The van der Waals surface area contributed by atoms with E-state index in [9.17, 15) is 10.1 Å². The van der Waals surface area contributed by atoms with Crippen LogP contribution >= 0.6 is 11.3 Å². The first kappa shape index (κ1) is 15.1.